The Balaban J connectivity index is 3.39. The molecule has 2 nitrogen and oxygen atoms in total. The van der Waals surface area contributed by atoms with E-state index >= 15 is 0 Å². The number of unbranched alkanes of at least 4 members (excludes halogenated alkanes) is 2. The monoisotopic (exact) mass is 222 g/mol. The predicted molar refractivity (Wildman–Crippen MR) is 39.4 cm³/mol. The first-order valence-electron chi connectivity index (χ1n) is 3.70. The van der Waals surface area contributed by atoms with Crippen molar-refractivity contribution >= 4 is 10.2 Å². The highest BCUT2D eigenvalue weighted by Crippen LogP contribution is 2.22. The Labute approximate surface area is 74.1 Å². The van der Waals surface area contributed by atoms with Crippen molar-refractivity contribution in [3.63, 3.8) is 0 Å². The molecule has 13 heavy (non-hydrogen) atoms. The molecule has 0 aromatic carbocycles. The van der Waals surface area contributed by atoms with E-state index in [9.17, 15) is 25.5 Å². The SMILES string of the molecule is O=S(=O)(F)CCCCCC(F)(F)F. The lowest BCUT2D eigenvalue weighted by molar-refractivity contribution is -0.135. The highest BCUT2D eigenvalue weighted by atomic mass is 32.3. The molecule has 0 aromatic rings. The van der Waals surface area contributed by atoms with Gasteiger partial charge < -0.3 is 0 Å². The van der Waals surface area contributed by atoms with Gasteiger partial charge >= 0.3 is 16.4 Å². The molecular weight excluding hydrogens is 212 g/mol. The summed E-state index contributed by atoms with van der Waals surface area (Å²) in [4.78, 5) is 0. The van der Waals surface area contributed by atoms with Crippen molar-refractivity contribution in [2.75, 3.05) is 5.75 Å². The zero-order valence-corrected chi connectivity index (χ0v) is 7.59. The Bertz CT molecular complexity index is 232. The standard InChI is InChI=1S/C6H10F4O2S/c7-6(8,9)4-2-1-3-5-13(10,11)12/h1-5H2. The lowest BCUT2D eigenvalue weighted by atomic mass is 10.2. The van der Waals surface area contributed by atoms with Gasteiger partial charge in [0.25, 0.3) is 0 Å². The van der Waals surface area contributed by atoms with Crippen LogP contribution in [0.15, 0.2) is 0 Å². The van der Waals surface area contributed by atoms with E-state index in [1.807, 2.05) is 0 Å². The van der Waals surface area contributed by atoms with E-state index < -0.39 is 28.6 Å². The molecule has 0 rings (SSSR count). The zero-order chi connectivity index (χ0) is 10.5. The number of halogens is 4. The summed E-state index contributed by atoms with van der Waals surface area (Å²) in [5.74, 6) is -0.690. The van der Waals surface area contributed by atoms with Crippen LogP contribution in [0.25, 0.3) is 0 Å². The van der Waals surface area contributed by atoms with Crippen LogP contribution in [0.3, 0.4) is 0 Å². The van der Waals surface area contributed by atoms with Crippen molar-refractivity contribution in [3.05, 3.63) is 0 Å². The molecule has 0 spiro atoms. The van der Waals surface area contributed by atoms with Crippen LogP contribution in [0.2, 0.25) is 0 Å². The van der Waals surface area contributed by atoms with Gasteiger partial charge in [-0.2, -0.15) is 21.6 Å². The fourth-order valence-corrected chi connectivity index (χ4v) is 1.33. The van der Waals surface area contributed by atoms with Gasteiger partial charge in [0, 0.05) is 6.42 Å². The van der Waals surface area contributed by atoms with Crippen LogP contribution in [0.5, 0.6) is 0 Å². The largest absolute Gasteiger partial charge is 0.389 e. The van der Waals surface area contributed by atoms with Crippen molar-refractivity contribution in [1.29, 1.82) is 0 Å². The van der Waals surface area contributed by atoms with E-state index in [2.05, 4.69) is 0 Å². The van der Waals surface area contributed by atoms with Crippen molar-refractivity contribution in [3.8, 4) is 0 Å². The Kier molecular flexibility index (Phi) is 4.66. The molecule has 0 aliphatic rings. The average molecular weight is 222 g/mol. The summed E-state index contributed by atoms with van der Waals surface area (Å²) in [6.45, 7) is 0. The quantitative estimate of drug-likeness (QED) is 0.406. The summed E-state index contributed by atoms with van der Waals surface area (Å²) in [5, 5.41) is 0. The van der Waals surface area contributed by atoms with E-state index in [1.165, 1.54) is 0 Å². The van der Waals surface area contributed by atoms with Gasteiger partial charge in [-0.25, -0.2) is 0 Å². The van der Waals surface area contributed by atoms with Gasteiger partial charge in [-0.05, 0) is 12.8 Å². The highest BCUT2D eigenvalue weighted by molar-refractivity contribution is 7.86. The normalized spacial score (nSPS) is 13.2. The number of alkyl halides is 3. The van der Waals surface area contributed by atoms with Crippen LogP contribution in [0, 0.1) is 0 Å². The third kappa shape index (κ3) is 11.7. The molecule has 80 valence electrons. The maximum Gasteiger partial charge on any atom is 0.389 e. The molecule has 0 bridgehead atoms. The summed E-state index contributed by atoms with van der Waals surface area (Å²) in [6, 6.07) is 0. The van der Waals surface area contributed by atoms with E-state index in [0.29, 0.717) is 0 Å². The van der Waals surface area contributed by atoms with Crippen molar-refractivity contribution < 1.29 is 25.5 Å². The minimum atomic E-state index is -4.52. The van der Waals surface area contributed by atoms with Crippen molar-refractivity contribution in [2.24, 2.45) is 0 Å². The predicted octanol–water partition coefficient (Wildman–Crippen LogP) is 2.41. The summed E-state index contributed by atoms with van der Waals surface area (Å²) < 4.78 is 66.2. The van der Waals surface area contributed by atoms with Gasteiger partial charge in [-0.3, -0.25) is 0 Å². The van der Waals surface area contributed by atoms with Gasteiger partial charge in [-0.15, -0.1) is 3.89 Å². The molecule has 0 fully saturated rings. The Morgan fingerprint density at radius 2 is 1.54 bits per heavy atom. The summed E-state index contributed by atoms with van der Waals surface area (Å²) in [5.41, 5.74) is 0. The van der Waals surface area contributed by atoms with Crippen LogP contribution < -0.4 is 0 Å². The molecule has 0 aromatic heterocycles. The van der Waals surface area contributed by atoms with Crippen LogP contribution in [-0.2, 0) is 10.2 Å². The molecule has 0 atom stereocenters. The van der Waals surface area contributed by atoms with Crippen LogP contribution in [-0.4, -0.2) is 20.3 Å². The first kappa shape index (κ1) is 12.7. The second-order valence-corrected chi connectivity index (χ2v) is 4.15. The molecule has 0 saturated heterocycles. The fraction of sp³-hybridized carbons (Fsp3) is 1.00. The third-order valence-corrected chi connectivity index (χ3v) is 2.12. The maximum atomic E-state index is 11.8. The topological polar surface area (TPSA) is 34.1 Å². The van der Waals surface area contributed by atoms with Crippen LogP contribution >= 0.6 is 0 Å². The third-order valence-electron chi connectivity index (χ3n) is 1.35. The smallest absolute Gasteiger partial charge is 0.195 e. The van der Waals surface area contributed by atoms with Gasteiger partial charge in [0.2, 0.25) is 0 Å². The summed E-state index contributed by atoms with van der Waals surface area (Å²) in [7, 11) is -4.52. The van der Waals surface area contributed by atoms with Gasteiger partial charge in [0.15, 0.2) is 0 Å². The summed E-state index contributed by atoms with van der Waals surface area (Å²) in [6.07, 6.45) is -5.30. The highest BCUT2D eigenvalue weighted by Gasteiger charge is 2.25. The lowest BCUT2D eigenvalue weighted by Crippen LogP contribution is -2.06. The molecule has 0 aliphatic carbocycles. The van der Waals surface area contributed by atoms with E-state index in [0.717, 1.165) is 0 Å². The average Bonchev–Trinajstić information content (AvgIpc) is 1.81. The first-order chi connectivity index (χ1) is 5.71. The molecular formula is C6H10F4O2S. The fourth-order valence-electron chi connectivity index (χ4n) is 0.777. The van der Waals surface area contributed by atoms with Crippen molar-refractivity contribution in [2.45, 2.75) is 31.9 Å². The summed E-state index contributed by atoms with van der Waals surface area (Å²) >= 11 is 0. The Morgan fingerprint density at radius 3 is 1.92 bits per heavy atom. The van der Waals surface area contributed by atoms with Gasteiger partial charge in [-0.1, -0.05) is 6.42 Å². The molecule has 0 N–H and O–H groups in total. The minimum Gasteiger partial charge on any atom is -0.195 e. The molecule has 7 heteroatoms. The molecule has 0 aliphatic heterocycles. The number of rotatable bonds is 5. The van der Waals surface area contributed by atoms with E-state index in [4.69, 9.17) is 0 Å². The molecule has 0 heterocycles. The maximum absolute atomic E-state index is 11.8. The Morgan fingerprint density at radius 1 is 1.00 bits per heavy atom. The van der Waals surface area contributed by atoms with Crippen LogP contribution in [0.4, 0.5) is 17.1 Å². The number of hydrogen-bond acceptors (Lipinski definition) is 2. The van der Waals surface area contributed by atoms with Crippen molar-refractivity contribution in [1.82, 2.24) is 0 Å². The number of hydrogen-bond donors (Lipinski definition) is 0. The minimum absolute atomic E-state index is 0.0606. The molecule has 0 unspecified atom stereocenters. The van der Waals surface area contributed by atoms with Gasteiger partial charge in [0.1, 0.15) is 0 Å². The lowest BCUT2D eigenvalue weighted by Gasteiger charge is -2.04. The molecule has 0 amide bonds. The van der Waals surface area contributed by atoms with E-state index in [1.54, 1.807) is 0 Å². The van der Waals surface area contributed by atoms with E-state index in [-0.39, 0.29) is 19.3 Å². The van der Waals surface area contributed by atoms with Gasteiger partial charge in [0.05, 0.1) is 5.75 Å². The van der Waals surface area contributed by atoms with Crippen LogP contribution in [0.1, 0.15) is 25.7 Å². The molecule has 0 saturated carbocycles. The Hall–Kier alpha value is -0.330. The second-order valence-electron chi connectivity index (χ2n) is 2.67. The second kappa shape index (κ2) is 4.78. The zero-order valence-electron chi connectivity index (χ0n) is 6.77. The molecule has 0 radical (unpaired) electrons. The first-order valence-corrected chi connectivity index (χ1v) is 5.25.